The Balaban J connectivity index is 2.73. The van der Waals surface area contributed by atoms with E-state index in [-0.39, 0.29) is 5.56 Å². The third-order valence-corrected chi connectivity index (χ3v) is 2.49. The van der Waals surface area contributed by atoms with Gasteiger partial charge in [0.15, 0.2) is 0 Å². The molecule has 4 nitrogen and oxygen atoms in total. The summed E-state index contributed by atoms with van der Waals surface area (Å²) < 4.78 is 26.6. The molecule has 2 amide bonds. The molecule has 0 radical (unpaired) electrons. The molecule has 0 aliphatic rings. The predicted molar refractivity (Wildman–Crippen MR) is 61.5 cm³/mol. The van der Waals surface area contributed by atoms with Crippen molar-refractivity contribution in [3.63, 3.8) is 0 Å². The van der Waals surface area contributed by atoms with Gasteiger partial charge in [0.25, 0.3) is 0 Å². The van der Waals surface area contributed by atoms with Crippen LogP contribution in [0, 0.1) is 11.6 Å². The lowest BCUT2D eigenvalue weighted by Gasteiger charge is -2.13. The molecule has 3 N–H and O–H groups in total. The largest absolute Gasteiger partial charge is 0.368 e. The topological polar surface area (TPSA) is 72.2 Å². The average Bonchev–Trinajstić information content (AvgIpc) is 2.30. The smallest absolute Gasteiger partial charge is 0.239 e. The monoisotopic (exact) mass is 256 g/mol. The molecule has 1 rings (SSSR count). The lowest BCUT2D eigenvalue weighted by atomic mass is 10.1. The molecule has 0 fully saturated rings. The van der Waals surface area contributed by atoms with Crippen LogP contribution in [0.25, 0.3) is 0 Å². The van der Waals surface area contributed by atoms with Crippen LogP contribution >= 0.6 is 0 Å². The zero-order valence-electron chi connectivity index (χ0n) is 9.87. The summed E-state index contributed by atoms with van der Waals surface area (Å²) in [4.78, 5) is 22.5. The maximum absolute atomic E-state index is 13.3. The van der Waals surface area contributed by atoms with Gasteiger partial charge in [-0.3, -0.25) is 9.59 Å². The van der Waals surface area contributed by atoms with E-state index in [4.69, 9.17) is 5.73 Å². The summed E-state index contributed by atoms with van der Waals surface area (Å²) in [6.07, 6.45) is -0.150. The molecule has 0 saturated carbocycles. The van der Waals surface area contributed by atoms with E-state index in [1.807, 2.05) is 0 Å². The zero-order chi connectivity index (χ0) is 13.7. The van der Waals surface area contributed by atoms with E-state index in [1.165, 1.54) is 6.07 Å². The van der Waals surface area contributed by atoms with Gasteiger partial charge in [-0.15, -0.1) is 0 Å². The van der Waals surface area contributed by atoms with E-state index >= 15 is 0 Å². The van der Waals surface area contributed by atoms with Gasteiger partial charge in [-0.2, -0.15) is 0 Å². The van der Waals surface area contributed by atoms with E-state index in [0.717, 1.165) is 12.1 Å². The first-order valence-corrected chi connectivity index (χ1v) is 5.47. The molecule has 0 aliphatic carbocycles. The summed E-state index contributed by atoms with van der Waals surface area (Å²) in [7, 11) is 0. The summed E-state index contributed by atoms with van der Waals surface area (Å²) in [6, 6.07) is 2.52. The molecule has 6 heteroatoms. The van der Waals surface area contributed by atoms with E-state index in [0.29, 0.717) is 6.42 Å². The second-order valence-corrected chi connectivity index (χ2v) is 3.81. The third kappa shape index (κ3) is 3.51. The summed E-state index contributed by atoms with van der Waals surface area (Å²) in [6.45, 7) is 1.67. The van der Waals surface area contributed by atoms with Crippen LogP contribution in [0.1, 0.15) is 18.9 Å². The third-order valence-electron chi connectivity index (χ3n) is 2.49. The molecule has 0 aromatic heterocycles. The summed E-state index contributed by atoms with van der Waals surface area (Å²) in [5, 5.41) is 2.32. The van der Waals surface area contributed by atoms with Crippen LogP contribution in [-0.2, 0) is 16.0 Å². The van der Waals surface area contributed by atoms with Gasteiger partial charge in [0.05, 0.1) is 6.42 Å². The van der Waals surface area contributed by atoms with Crippen LogP contribution in [0.15, 0.2) is 18.2 Å². The first kappa shape index (κ1) is 14.1. The Hall–Kier alpha value is -1.98. The number of nitrogens with two attached hydrogens (primary N) is 1. The number of nitrogens with one attached hydrogen (secondary N) is 1. The number of primary amides is 1. The zero-order valence-corrected chi connectivity index (χ0v) is 9.87. The van der Waals surface area contributed by atoms with Crippen molar-refractivity contribution < 1.29 is 18.4 Å². The SMILES string of the molecule is CC[C@H](NC(=O)Cc1c(F)cccc1F)C(N)=O. The first-order valence-electron chi connectivity index (χ1n) is 5.47. The van der Waals surface area contributed by atoms with Crippen LogP contribution in [0.2, 0.25) is 0 Å². The van der Waals surface area contributed by atoms with E-state index in [9.17, 15) is 18.4 Å². The molecular formula is C12H14F2N2O2. The summed E-state index contributed by atoms with van der Waals surface area (Å²) >= 11 is 0. The quantitative estimate of drug-likeness (QED) is 0.821. The molecular weight excluding hydrogens is 242 g/mol. The Labute approximate surface area is 103 Å². The number of hydrogen-bond acceptors (Lipinski definition) is 2. The molecule has 98 valence electrons. The number of amides is 2. The number of hydrogen-bond donors (Lipinski definition) is 2. The minimum Gasteiger partial charge on any atom is -0.368 e. The number of carbonyl (C=O) groups excluding carboxylic acids is 2. The molecule has 0 spiro atoms. The first-order chi connectivity index (χ1) is 8.45. The molecule has 1 atom stereocenters. The van der Waals surface area contributed by atoms with Gasteiger partial charge >= 0.3 is 0 Å². The molecule has 0 unspecified atom stereocenters. The fourth-order valence-corrected chi connectivity index (χ4v) is 1.48. The van der Waals surface area contributed by atoms with Crippen molar-refractivity contribution in [3.05, 3.63) is 35.4 Å². The summed E-state index contributed by atoms with van der Waals surface area (Å²) in [5.74, 6) is -2.92. The molecule has 0 heterocycles. The van der Waals surface area contributed by atoms with Crippen molar-refractivity contribution in [2.75, 3.05) is 0 Å². The van der Waals surface area contributed by atoms with Crippen molar-refractivity contribution in [2.24, 2.45) is 5.73 Å². The number of benzene rings is 1. The lowest BCUT2D eigenvalue weighted by molar-refractivity contribution is -0.127. The van der Waals surface area contributed by atoms with Crippen molar-refractivity contribution in [1.29, 1.82) is 0 Å². The fourth-order valence-electron chi connectivity index (χ4n) is 1.48. The Bertz CT molecular complexity index is 443. The van der Waals surface area contributed by atoms with Gasteiger partial charge in [0, 0.05) is 5.56 Å². The highest BCUT2D eigenvalue weighted by atomic mass is 19.1. The van der Waals surface area contributed by atoms with Crippen LogP contribution in [-0.4, -0.2) is 17.9 Å². The second kappa shape index (κ2) is 6.09. The highest BCUT2D eigenvalue weighted by Gasteiger charge is 2.18. The van der Waals surface area contributed by atoms with Crippen LogP contribution in [0.3, 0.4) is 0 Å². The lowest BCUT2D eigenvalue weighted by Crippen LogP contribution is -2.44. The average molecular weight is 256 g/mol. The molecule has 0 aliphatic heterocycles. The highest BCUT2D eigenvalue weighted by molar-refractivity contribution is 5.87. The predicted octanol–water partition coefficient (Wildman–Crippen LogP) is 0.887. The second-order valence-electron chi connectivity index (χ2n) is 3.81. The normalized spacial score (nSPS) is 11.9. The van der Waals surface area contributed by atoms with E-state index in [1.54, 1.807) is 6.92 Å². The molecule has 1 aromatic rings. The molecule has 1 aromatic carbocycles. The number of carbonyl (C=O) groups is 2. The molecule has 0 saturated heterocycles. The molecule has 0 bridgehead atoms. The van der Waals surface area contributed by atoms with Gasteiger partial charge in [-0.1, -0.05) is 13.0 Å². The fraction of sp³-hybridized carbons (Fsp3) is 0.333. The number of halogens is 2. The van der Waals surface area contributed by atoms with Crippen molar-refractivity contribution in [1.82, 2.24) is 5.32 Å². The van der Waals surface area contributed by atoms with E-state index in [2.05, 4.69) is 5.32 Å². The Morgan fingerprint density at radius 1 is 1.33 bits per heavy atom. The van der Waals surface area contributed by atoms with Gasteiger partial charge in [-0.05, 0) is 18.6 Å². The van der Waals surface area contributed by atoms with Crippen molar-refractivity contribution >= 4 is 11.8 Å². The van der Waals surface area contributed by atoms with Crippen LogP contribution in [0.4, 0.5) is 8.78 Å². The summed E-state index contributed by atoms with van der Waals surface area (Å²) in [5.41, 5.74) is 4.72. The Morgan fingerprint density at radius 2 is 1.89 bits per heavy atom. The van der Waals surface area contributed by atoms with Crippen LogP contribution < -0.4 is 11.1 Å². The standard InChI is InChI=1S/C12H14F2N2O2/c1-2-10(12(15)18)16-11(17)6-7-8(13)4-3-5-9(7)14/h3-5,10H,2,6H2,1H3,(H2,15,18)(H,16,17)/t10-/m0/s1. The Kier molecular flexibility index (Phi) is 4.76. The highest BCUT2D eigenvalue weighted by Crippen LogP contribution is 2.12. The molecule has 18 heavy (non-hydrogen) atoms. The maximum atomic E-state index is 13.3. The van der Waals surface area contributed by atoms with Gasteiger partial charge < -0.3 is 11.1 Å². The van der Waals surface area contributed by atoms with Gasteiger partial charge in [0.2, 0.25) is 11.8 Å². The van der Waals surface area contributed by atoms with Gasteiger partial charge in [0.1, 0.15) is 17.7 Å². The number of rotatable bonds is 5. The minimum absolute atomic E-state index is 0.320. The van der Waals surface area contributed by atoms with E-state index < -0.39 is 35.9 Å². The van der Waals surface area contributed by atoms with Crippen molar-refractivity contribution in [3.8, 4) is 0 Å². The van der Waals surface area contributed by atoms with Gasteiger partial charge in [-0.25, -0.2) is 8.78 Å². The van der Waals surface area contributed by atoms with Crippen molar-refractivity contribution in [2.45, 2.75) is 25.8 Å². The minimum atomic E-state index is -0.827. The van der Waals surface area contributed by atoms with Crippen LogP contribution in [0.5, 0.6) is 0 Å². The maximum Gasteiger partial charge on any atom is 0.239 e. The Morgan fingerprint density at radius 3 is 2.33 bits per heavy atom.